The number of nitrogens with zero attached hydrogens (tertiary/aromatic N) is 1. The van der Waals surface area contributed by atoms with Crippen molar-refractivity contribution >= 4 is 40.0 Å². The smallest absolute Gasteiger partial charge is 0.337 e. The Hall–Kier alpha value is -0.780. The van der Waals surface area contributed by atoms with Crippen molar-refractivity contribution in [3.8, 4) is 0 Å². The number of hydrogen-bond donors (Lipinski definition) is 1. The maximum absolute atomic E-state index is 11.5. The fourth-order valence-electron chi connectivity index (χ4n) is 2.12. The van der Waals surface area contributed by atoms with Crippen LogP contribution in [0.5, 0.6) is 0 Å². The number of nitrogens with one attached hydrogen (secondary N) is 1. The van der Waals surface area contributed by atoms with E-state index in [1.807, 2.05) is 18.2 Å². The number of halogens is 2. The van der Waals surface area contributed by atoms with Crippen molar-refractivity contribution in [2.24, 2.45) is 0 Å². The molecule has 1 aromatic rings. The van der Waals surface area contributed by atoms with Gasteiger partial charge in [-0.3, -0.25) is 0 Å². The average Bonchev–Trinajstić information content (AvgIpc) is 2.40. The Morgan fingerprint density at radius 3 is 2.95 bits per heavy atom. The van der Waals surface area contributed by atoms with Crippen LogP contribution in [0.1, 0.15) is 17.3 Å². The maximum Gasteiger partial charge on any atom is 0.337 e. The first-order valence-corrected chi connectivity index (χ1v) is 6.86. The molecule has 1 aromatic carbocycles. The maximum atomic E-state index is 11.5. The Balaban J connectivity index is 0.00000180. The quantitative estimate of drug-likeness (QED) is 0.506. The van der Waals surface area contributed by atoms with Gasteiger partial charge in [0, 0.05) is 24.8 Å². The first-order valence-electron chi connectivity index (χ1n) is 5.94. The number of anilines is 1. The molecule has 0 spiro atoms. The Kier molecular flexibility index (Phi) is 6.10. The highest BCUT2D eigenvalue weighted by Gasteiger charge is 2.23. The van der Waals surface area contributed by atoms with E-state index < -0.39 is 0 Å². The molecule has 2 atom stereocenters. The third kappa shape index (κ3) is 3.84. The summed E-state index contributed by atoms with van der Waals surface area (Å²) in [5.41, 5.74) is 1.64. The van der Waals surface area contributed by atoms with Crippen molar-refractivity contribution < 1.29 is 9.53 Å². The van der Waals surface area contributed by atoms with Crippen LogP contribution < -0.4 is 10.2 Å². The number of carbonyl (C=O) groups is 1. The Morgan fingerprint density at radius 1 is 1.53 bits per heavy atom. The molecule has 0 aromatic heterocycles. The number of carbonyl (C=O) groups excluding carboxylic acids is 1. The fourth-order valence-corrected chi connectivity index (χ4v) is 2.61. The first-order chi connectivity index (χ1) is 8.61. The summed E-state index contributed by atoms with van der Waals surface area (Å²) in [5.74, 6) is -0.296. The van der Waals surface area contributed by atoms with Gasteiger partial charge in [0.15, 0.2) is 0 Å². The lowest BCUT2D eigenvalue weighted by molar-refractivity contribution is 0.0601. The zero-order valence-electron chi connectivity index (χ0n) is 10.9. The van der Waals surface area contributed by atoms with Crippen LogP contribution >= 0.6 is 28.3 Å². The summed E-state index contributed by atoms with van der Waals surface area (Å²) in [4.78, 5) is 14.1. The van der Waals surface area contributed by atoms with E-state index in [2.05, 4.69) is 33.1 Å². The summed E-state index contributed by atoms with van der Waals surface area (Å²) in [6, 6.07) is 7.96. The molecule has 6 heteroatoms. The molecule has 1 aliphatic heterocycles. The second-order valence-corrected chi connectivity index (χ2v) is 5.52. The summed E-state index contributed by atoms with van der Waals surface area (Å²) in [6.07, 6.45) is 0. The summed E-state index contributed by atoms with van der Waals surface area (Å²) in [6.45, 7) is 3.95. The van der Waals surface area contributed by atoms with Gasteiger partial charge in [0.1, 0.15) is 0 Å². The molecule has 2 rings (SSSR count). The van der Waals surface area contributed by atoms with Crippen molar-refractivity contribution in [3.05, 3.63) is 29.8 Å². The Bertz CT molecular complexity index is 444. The molecule has 1 fully saturated rings. The van der Waals surface area contributed by atoms with Crippen LogP contribution in [0.3, 0.4) is 0 Å². The lowest BCUT2D eigenvalue weighted by atomic mass is 10.1. The number of hydrogen-bond acceptors (Lipinski definition) is 4. The van der Waals surface area contributed by atoms with Gasteiger partial charge in [-0.2, -0.15) is 0 Å². The van der Waals surface area contributed by atoms with Crippen LogP contribution in [0.4, 0.5) is 5.69 Å². The van der Waals surface area contributed by atoms with E-state index in [0.29, 0.717) is 11.6 Å². The third-order valence-electron chi connectivity index (χ3n) is 3.12. The van der Waals surface area contributed by atoms with Gasteiger partial charge in [-0.05, 0) is 25.1 Å². The van der Waals surface area contributed by atoms with Crippen LogP contribution in [-0.2, 0) is 4.74 Å². The van der Waals surface area contributed by atoms with Crippen molar-refractivity contribution in [3.63, 3.8) is 0 Å². The second kappa shape index (κ2) is 7.12. The zero-order chi connectivity index (χ0) is 13.1. The van der Waals surface area contributed by atoms with Gasteiger partial charge in [-0.15, -0.1) is 12.4 Å². The van der Waals surface area contributed by atoms with E-state index in [-0.39, 0.29) is 23.3 Å². The summed E-state index contributed by atoms with van der Waals surface area (Å²) in [7, 11) is 1.40. The topological polar surface area (TPSA) is 41.6 Å². The minimum Gasteiger partial charge on any atom is -0.465 e. The molecule has 4 nitrogen and oxygen atoms in total. The van der Waals surface area contributed by atoms with Gasteiger partial charge in [0.2, 0.25) is 0 Å². The molecular weight excluding hydrogens is 332 g/mol. The normalized spacial score (nSPS) is 22.6. The number of esters is 1. The molecule has 106 valence electrons. The molecule has 2 unspecified atom stereocenters. The molecule has 1 heterocycles. The number of rotatable bonds is 2. The lowest BCUT2D eigenvalue weighted by Crippen LogP contribution is -2.53. The number of methoxy groups -OCH3 is 1. The van der Waals surface area contributed by atoms with Crippen molar-refractivity contribution in [1.82, 2.24) is 5.32 Å². The van der Waals surface area contributed by atoms with Crippen molar-refractivity contribution in [2.45, 2.75) is 17.9 Å². The zero-order valence-corrected chi connectivity index (χ0v) is 13.3. The molecule has 0 bridgehead atoms. The van der Waals surface area contributed by atoms with Crippen LogP contribution in [0.25, 0.3) is 0 Å². The summed E-state index contributed by atoms with van der Waals surface area (Å²) in [5, 5.41) is 3.36. The second-order valence-electron chi connectivity index (χ2n) is 4.42. The van der Waals surface area contributed by atoms with E-state index in [1.165, 1.54) is 7.11 Å². The molecule has 0 saturated carbocycles. The van der Waals surface area contributed by atoms with Crippen LogP contribution in [-0.4, -0.2) is 37.2 Å². The summed E-state index contributed by atoms with van der Waals surface area (Å²) < 4.78 is 4.75. The van der Waals surface area contributed by atoms with E-state index in [1.54, 1.807) is 6.07 Å². The highest BCUT2D eigenvalue weighted by Crippen LogP contribution is 2.22. The largest absolute Gasteiger partial charge is 0.465 e. The highest BCUT2D eigenvalue weighted by atomic mass is 79.9. The van der Waals surface area contributed by atoms with Gasteiger partial charge in [-0.25, -0.2) is 4.79 Å². The van der Waals surface area contributed by atoms with Gasteiger partial charge >= 0.3 is 5.97 Å². The highest BCUT2D eigenvalue weighted by molar-refractivity contribution is 9.09. The van der Waals surface area contributed by atoms with E-state index in [4.69, 9.17) is 4.74 Å². The van der Waals surface area contributed by atoms with E-state index in [0.717, 1.165) is 18.8 Å². The first kappa shape index (κ1) is 16.3. The number of piperazine rings is 1. The Morgan fingerprint density at radius 2 is 2.26 bits per heavy atom. The van der Waals surface area contributed by atoms with E-state index >= 15 is 0 Å². The van der Waals surface area contributed by atoms with Gasteiger partial charge in [0.05, 0.1) is 17.6 Å². The SMILES string of the molecule is COC(=O)c1cccc(N2CC(Br)NCC2C)c1.Cl. The molecule has 0 aliphatic carbocycles. The number of alkyl halides is 1. The predicted octanol–water partition coefficient (Wildman–Crippen LogP) is 2.41. The van der Waals surface area contributed by atoms with E-state index in [9.17, 15) is 4.79 Å². The molecule has 0 amide bonds. The monoisotopic (exact) mass is 348 g/mol. The minimum absolute atomic E-state index is 0. The van der Waals surface area contributed by atoms with Crippen LogP contribution in [0, 0.1) is 0 Å². The minimum atomic E-state index is -0.296. The molecular formula is C13H18BrClN2O2. The molecule has 19 heavy (non-hydrogen) atoms. The predicted molar refractivity (Wildman–Crippen MR) is 82.6 cm³/mol. The fraction of sp³-hybridized carbons (Fsp3) is 0.462. The Labute approximate surface area is 128 Å². The van der Waals surface area contributed by atoms with Gasteiger partial charge < -0.3 is 15.0 Å². The summed E-state index contributed by atoms with van der Waals surface area (Å²) >= 11 is 3.57. The molecule has 1 N–H and O–H groups in total. The molecule has 0 radical (unpaired) electrons. The standard InChI is InChI=1S/C13H17BrN2O2.ClH/c1-9-7-15-12(14)8-16(9)11-5-3-4-10(6-11)13(17)18-2;/h3-6,9,12,15H,7-8H2,1-2H3;1H. The van der Waals surface area contributed by atoms with Crippen molar-refractivity contribution in [1.29, 1.82) is 0 Å². The number of benzene rings is 1. The number of ether oxygens (including phenoxy) is 1. The van der Waals surface area contributed by atoms with Gasteiger partial charge in [0.25, 0.3) is 0 Å². The van der Waals surface area contributed by atoms with Gasteiger partial charge in [-0.1, -0.05) is 22.0 Å². The lowest BCUT2D eigenvalue weighted by Gasteiger charge is -2.38. The third-order valence-corrected chi connectivity index (χ3v) is 3.74. The van der Waals surface area contributed by atoms with Crippen LogP contribution in [0.15, 0.2) is 24.3 Å². The molecule has 1 saturated heterocycles. The average molecular weight is 350 g/mol. The molecule has 1 aliphatic rings. The van der Waals surface area contributed by atoms with Crippen molar-refractivity contribution in [2.75, 3.05) is 25.1 Å². The van der Waals surface area contributed by atoms with Crippen LogP contribution in [0.2, 0.25) is 0 Å².